The van der Waals surface area contributed by atoms with Gasteiger partial charge in [0.2, 0.25) is 0 Å². The largest absolute Gasteiger partial charge is 0.425 e. The number of imidazole rings is 1. The van der Waals surface area contributed by atoms with Gasteiger partial charge in [-0.3, -0.25) is 4.79 Å². The van der Waals surface area contributed by atoms with Crippen molar-refractivity contribution in [2.75, 3.05) is 13.1 Å². The molecule has 5 nitrogen and oxygen atoms in total. The molecule has 3 aromatic heterocycles. The number of aromatic nitrogens is 3. The standard InChI is InChI=1S/C18H17F3N4OS/c1-2-25-15(23-12-4-3-8-22-16(12)25)11-7-9-24(10-11)17(26)13-5-6-14(27-13)18(19,20)21/h3-6,8,11H,2,7,9-10H2,1H3. The average molecular weight is 394 g/mol. The van der Waals surface area contributed by atoms with Gasteiger partial charge in [-0.1, -0.05) is 0 Å². The van der Waals surface area contributed by atoms with Crippen LogP contribution in [0, 0.1) is 0 Å². The van der Waals surface area contributed by atoms with Crippen molar-refractivity contribution in [3.05, 3.63) is 46.0 Å². The number of hydrogen-bond donors (Lipinski definition) is 0. The molecular formula is C18H17F3N4OS. The van der Waals surface area contributed by atoms with Crippen LogP contribution >= 0.6 is 11.3 Å². The first-order valence-corrected chi connectivity index (χ1v) is 9.47. The van der Waals surface area contributed by atoms with Gasteiger partial charge in [-0.05, 0) is 37.6 Å². The molecule has 0 aromatic carbocycles. The minimum absolute atomic E-state index is 0.0464. The SMILES string of the molecule is CCn1c(C2CCN(C(=O)c3ccc(C(F)(F)F)s3)C2)nc2cccnc21. The van der Waals surface area contributed by atoms with Crippen LogP contribution < -0.4 is 0 Å². The molecule has 1 fully saturated rings. The summed E-state index contributed by atoms with van der Waals surface area (Å²) in [5.41, 5.74) is 1.63. The Hall–Kier alpha value is -2.42. The number of aryl methyl sites for hydroxylation is 1. The predicted octanol–water partition coefficient (Wildman–Crippen LogP) is 4.16. The molecule has 1 unspecified atom stereocenters. The van der Waals surface area contributed by atoms with Crippen molar-refractivity contribution >= 4 is 28.4 Å². The molecule has 0 aliphatic carbocycles. The minimum Gasteiger partial charge on any atom is -0.337 e. The first-order valence-electron chi connectivity index (χ1n) is 8.66. The number of hydrogen-bond acceptors (Lipinski definition) is 4. The van der Waals surface area contributed by atoms with Gasteiger partial charge < -0.3 is 9.47 Å². The summed E-state index contributed by atoms with van der Waals surface area (Å²) in [4.78, 5) is 22.7. The van der Waals surface area contributed by atoms with Gasteiger partial charge in [0, 0.05) is 31.7 Å². The molecular weight excluding hydrogens is 377 g/mol. The second-order valence-corrected chi connectivity index (χ2v) is 7.54. The smallest absolute Gasteiger partial charge is 0.337 e. The molecule has 0 saturated carbocycles. The zero-order valence-corrected chi connectivity index (χ0v) is 15.3. The van der Waals surface area contributed by atoms with E-state index in [1.165, 1.54) is 6.07 Å². The highest BCUT2D eigenvalue weighted by atomic mass is 32.1. The van der Waals surface area contributed by atoms with E-state index in [9.17, 15) is 18.0 Å². The maximum absolute atomic E-state index is 12.8. The summed E-state index contributed by atoms with van der Waals surface area (Å²) in [6, 6.07) is 5.96. The Balaban J connectivity index is 1.55. The van der Waals surface area contributed by atoms with E-state index in [2.05, 4.69) is 9.97 Å². The van der Waals surface area contributed by atoms with Crippen molar-refractivity contribution in [3.63, 3.8) is 0 Å². The molecule has 0 bridgehead atoms. The van der Waals surface area contributed by atoms with Crippen LogP contribution in [0.2, 0.25) is 0 Å². The molecule has 0 spiro atoms. The van der Waals surface area contributed by atoms with E-state index in [-0.39, 0.29) is 16.7 Å². The molecule has 0 radical (unpaired) electrons. The summed E-state index contributed by atoms with van der Waals surface area (Å²) in [6.45, 7) is 3.68. The third kappa shape index (κ3) is 3.20. The fraction of sp³-hybridized carbons (Fsp3) is 0.389. The predicted molar refractivity (Wildman–Crippen MR) is 95.8 cm³/mol. The Labute approximate surface area is 157 Å². The first kappa shape index (κ1) is 18.0. The van der Waals surface area contributed by atoms with Gasteiger partial charge >= 0.3 is 6.18 Å². The van der Waals surface area contributed by atoms with Crippen molar-refractivity contribution < 1.29 is 18.0 Å². The highest BCUT2D eigenvalue weighted by molar-refractivity contribution is 7.14. The van der Waals surface area contributed by atoms with Gasteiger partial charge in [-0.25, -0.2) is 9.97 Å². The summed E-state index contributed by atoms with van der Waals surface area (Å²) in [5, 5.41) is 0. The zero-order valence-electron chi connectivity index (χ0n) is 14.5. The Kier molecular flexibility index (Phi) is 4.41. The lowest BCUT2D eigenvalue weighted by Gasteiger charge is -2.16. The summed E-state index contributed by atoms with van der Waals surface area (Å²) in [7, 11) is 0. The molecule has 9 heteroatoms. The van der Waals surface area contributed by atoms with Crippen LogP contribution in [0.1, 0.15) is 39.6 Å². The number of alkyl halides is 3. The number of rotatable bonds is 3. The molecule has 4 rings (SSSR count). The van der Waals surface area contributed by atoms with Crippen molar-refractivity contribution in [1.29, 1.82) is 0 Å². The lowest BCUT2D eigenvalue weighted by Crippen LogP contribution is -2.28. The molecule has 3 aromatic rings. The molecule has 1 amide bonds. The average Bonchev–Trinajstić information content (AvgIpc) is 3.36. The lowest BCUT2D eigenvalue weighted by atomic mass is 10.1. The van der Waals surface area contributed by atoms with Crippen molar-refractivity contribution in [2.24, 2.45) is 0 Å². The molecule has 1 aliphatic heterocycles. The normalized spacial score (nSPS) is 17.8. The molecule has 1 saturated heterocycles. The number of pyridine rings is 1. The molecule has 0 N–H and O–H groups in total. The summed E-state index contributed by atoms with van der Waals surface area (Å²) < 4.78 is 40.4. The second-order valence-electron chi connectivity index (χ2n) is 6.46. The van der Waals surface area contributed by atoms with Gasteiger partial charge in [0.1, 0.15) is 16.2 Å². The van der Waals surface area contributed by atoms with E-state index < -0.39 is 11.1 Å². The van der Waals surface area contributed by atoms with E-state index in [1.807, 2.05) is 23.6 Å². The highest BCUT2D eigenvalue weighted by Crippen LogP contribution is 2.36. The maximum atomic E-state index is 12.8. The van der Waals surface area contributed by atoms with Gasteiger partial charge in [-0.15, -0.1) is 11.3 Å². The number of thiophene rings is 1. The molecule has 1 atom stereocenters. The van der Waals surface area contributed by atoms with E-state index >= 15 is 0 Å². The number of halogens is 3. The highest BCUT2D eigenvalue weighted by Gasteiger charge is 2.35. The summed E-state index contributed by atoms with van der Waals surface area (Å²) in [6.07, 6.45) is -1.97. The number of fused-ring (bicyclic) bond motifs is 1. The second kappa shape index (κ2) is 6.63. The van der Waals surface area contributed by atoms with E-state index in [4.69, 9.17) is 0 Å². The number of likely N-dealkylation sites (tertiary alicyclic amines) is 1. The van der Waals surface area contributed by atoms with E-state index in [0.717, 1.165) is 29.5 Å². The van der Waals surface area contributed by atoms with Crippen LogP contribution in [0.15, 0.2) is 30.5 Å². The molecule has 1 aliphatic rings. The Morgan fingerprint density at radius 2 is 2.15 bits per heavy atom. The third-order valence-electron chi connectivity index (χ3n) is 4.79. The maximum Gasteiger partial charge on any atom is 0.425 e. The van der Waals surface area contributed by atoms with Crippen LogP contribution in [-0.2, 0) is 12.7 Å². The van der Waals surface area contributed by atoms with Crippen molar-refractivity contribution in [2.45, 2.75) is 32.0 Å². The van der Waals surface area contributed by atoms with Gasteiger partial charge in [0.15, 0.2) is 5.65 Å². The molecule has 4 heterocycles. The molecule has 27 heavy (non-hydrogen) atoms. The Morgan fingerprint density at radius 1 is 1.33 bits per heavy atom. The zero-order chi connectivity index (χ0) is 19.2. The van der Waals surface area contributed by atoms with Crippen molar-refractivity contribution in [1.82, 2.24) is 19.4 Å². The van der Waals surface area contributed by atoms with Crippen LogP contribution in [0.25, 0.3) is 11.2 Å². The minimum atomic E-state index is -4.42. The third-order valence-corrected chi connectivity index (χ3v) is 5.90. The van der Waals surface area contributed by atoms with Crippen LogP contribution in [0.3, 0.4) is 0 Å². The van der Waals surface area contributed by atoms with Crippen molar-refractivity contribution in [3.8, 4) is 0 Å². The Morgan fingerprint density at radius 3 is 2.85 bits per heavy atom. The van der Waals surface area contributed by atoms with Gasteiger partial charge in [-0.2, -0.15) is 13.2 Å². The number of carbonyl (C=O) groups is 1. The van der Waals surface area contributed by atoms with Crippen LogP contribution in [0.4, 0.5) is 13.2 Å². The summed E-state index contributed by atoms with van der Waals surface area (Å²) in [5.74, 6) is 0.573. The first-order chi connectivity index (χ1) is 12.9. The topological polar surface area (TPSA) is 51.0 Å². The van der Waals surface area contributed by atoms with Gasteiger partial charge in [0.05, 0.1) is 4.88 Å². The van der Waals surface area contributed by atoms with E-state index in [0.29, 0.717) is 31.0 Å². The van der Waals surface area contributed by atoms with Crippen LogP contribution in [-0.4, -0.2) is 38.4 Å². The number of amides is 1. The fourth-order valence-electron chi connectivity index (χ4n) is 3.52. The van der Waals surface area contributed by atoms with Gasteiger partial charge in [0.25, 0.3) is 5.91 Å². The monoisotopic (exact) mass is 394 g/mol. The quantitative estimate of drug-likeness (QED) is 0.670. The van der Waals surface area contributed by atoms with E-state index in [1.54, 1.807) is 11.1 Å². The Bertz CT molecular complexity index is 994. The lowest BCUT2D eigenvalue weighted by molar-refractivity contribution is -0.134. The summed E-state index contributed by atoms with van der Waals surface area (Å²) >= 11 is 0.496. The fourth-order valence-corrected chi connectivity index (χ4v) is 4.36. The molecule has 142 valence electrons. The number of nitrogens with zero attached hydrogens (tertiary/aromatic N) is 4. The number of carbonyl (C=O) groups excluding carboxylic acids is 1. The van der Waals surface area contributed by atoms with Crippen LogP contribution in [0.5, 0.6) is 0 Å².